The summed E-state index contributed by atoms with van der Waals surface area (Å²) in [5.41, 5.74) is 1.74. The lowest BCUT2D eigenvalue weighted by molar-refractivity contribution is -0.138. The third kappa shape index (κ3) is 3.12. The van der Waals surface area contributed by atoms with Crippen LogP contribution in [0.25, 0.3) is 0 Å². The molecule has 0 aromatic heterocycles. The normalized spacial score (nSPS) is 15.0. The largest absolute Gasteiger partial charge is 0.425 e. The molecule has 0 bridgehead atoms. The van der Waals surface area contributed by atoms with Gasteiger partial charge >= 0.3 is 5.97 Å². The molecular formula is C21H21NO4. The van der Waals surface area contributed by atoms with E-state index >= 15 is 0 Å². The number of rotatable bonds is 3. The van der Waals surface area contributed by atoms with E-state index < -0.39 is 23.8 Å². The summed E-state index contributed by atoms with van der Waals surface area (Å²) in [5, 5.41) is 0. The highest BCUT2D eigenvalue weighted by Crippen LogP contribution is 2.26. The molecule has 0 saturated heterocycles. The zero-order valence-electron chi connectivity index (χ0n) is 15.3. The predicted octanol–water partition coefficient (Wildman–Crippen LogP) is 3.57. The number of nitrogens with zero attached hydrogens (tertiary/aromatic N) is 1. The minimum Gasteiger partial charge on any atom is -0.425 e. The van der Waals surface area contributed by atoms with Crippen molar-refractivity contribution >= 4 is 17.8 Å². The second kappa shape index (κ2) is 6.41. The van der Waals surface area contributed by atoms with E-state index in [0.717, 1.165) is 10.5 Å². The van der Waals surface area contributed by atoms with Crippen LogP contribution in [-0.4, -0.2) is 28.7 Å². The first-order valence-electron chi connectivity index (χ1n) is 8.49. The molecule has 0 fully saturated rings. The zero-order chi connectivity index (χ0) is 19.1. The Labute approximate surface area is 152 Å². The van der Waals surface area contributed by atoms with Crippen LogP contribution < -0.4 is 4.74 Å². The molecule has 0 saturated carbocycles. The number of hydrogen-bond donors (Lipinski definition) is 0. The standard InChI is InChI=1S/C21H21NO4/c1-13(22-18(23)16-7-5-6-8-17(16)19(22)24)20(25)26-15-11-9-14(10-12-15)21(2,3)4/h5-13H,1-4H3/t13-/m1/s1. The third-order valence-electron chi connectivity index (χ3n) is 4.49. The average Bonchev–Trinajstić information content (AvgIpc) is 2.85. The summed E-state index contributed by atoms with van der Waals surface area (Å²) < 4.78 is 5.37. The lowest BCUT2D eigenvalue weighted by Gasteiger charge is -2.21. The highest BCUT2D eigenvalue weighted by atomic mass is 16.5. The number of imide groups is 1. The van der Waals surface area contributed by atoms with Gasteiger partial charge in [-0.25, -0.2) is 4.79 Å². The van der Waals surface area contributed by atoms with Crippen LogP contribution >= 0.6 is 0 Å². The smallest absolute Gasteiger partial charge is 0.334 e. The summed E-state index contributed by atoms with van der Waals surface area (Å²) in [6, 6.07) is 12.8. The Bertz CT molecular complexity index is 843. The Morgan fingerprint density at radius 2 is 1.42 bits per heavy atom. The molecule has 0 aliphatic carbocycles. The van der Waals surface area contributed by atoms with Crippen LogP contribution in [0.15, 0.2) is 48.5 Å². The molecule has 1 atom stereocenters. The van der Waals surface area contributed by atoms with Crippen molar-refractivity contribution in [3.63, 3.8) is 0 Å². The van der Waals surface area contributed by atoms with Gasteiger partial charge in [-0.3, -0.25) is 14.5 Å². The molecule has 5 nitrogen and oxygen atoms in total. The summed E-state index contributed by atoms with van der Waals surface area (Å²) in [7, 11) is 0. The van der Waals surface area contributed by atoms with Gasteiger partial charge in [-0.1, -0.05) is 45.0 Å². The monoisotopic (exact) mass is 351 g/mol. The number of carbonyl (C=O) groups excluding carboxylic acids is 3. The molecule has 0 radical (unpaired) electrons. The molecule has 5 heteroatoms. The van der Waals surface area contributed by atoms with Gasteiger partial charge in [-0.15, -0.1) is 0 Å². The number of carbonyl (C=O) groups is 3. The van der Waals surface area contributed by atoms with Gasteiger partial charge in [0.15, 0.2) is 0 Å². The number of ether oxygens (including phenoxy) is 1. The van der Waals surface area contributed by atoms with Gasteiger partial charge in [0.1, 0.15) is 11.8 Å². The Morgan fingerprint density at radius 1 is 0.923 bits per heavy atom. The van der Waals surface area contributed by atoms with Gasteiger partial charge in [-0.05, 0) is 42.2 Å². The van der Waals surface area contributed by atoms with Crippen molar-refractivity contribution in [3.05, 3.63) is 65.2 Å². The molecule has 134 valence electrons. The molecule has 1 aliphatic heterocycles. The maximum atomic E-state index is 12.5. The quantitative estimate of drug-likeness (QED) is 0.482. The first-order chi connectivity index (χ1) is 12.2. The van der Waals surface area contributed by atoms with Crippen molar-refractivity contribution in [2.75, 3.05) is 0 Å². The van der Waals surface area contributed by atoms with Gasteiger partial charge in [0.2, 0.25) is 0 Å². The average molecular weight is 351 g/mol. The number of hydrogen-bond acceptors (Lipinski definition) is 4. The first kappa shape index (κ1) is 17.9. The molecule has 0 unspecified atom stereocenters. The van der Waals surface area contributed by atoms with Crippen LogP contribution in [-0.2, 0) is 10.2 Å². The summed E-state index contributed by atoms with van der Waals surface area (Å²) in [6.45, 7) is 7.78. The molecule has 1 heterocycles. The van der Waals surface area contributed by atoms with Crippen molar-refractivity contribution in [3.8, 4) is 5.75 Å². The topological polar surface area (TPSA) is 63.7 Å². The Morgan fingerprint density at radius 3 is 1.88 bits per heavy atom. The molecule has 3 rings (SSSR count). The van der Waals surface area contributed by atoms with E-state index in [0.29, 0.717) is 16.9 Å². The highest BCUT2D eigenvalue weighted by Gasteiger charge is 2.41. The third-order valence-corrected chi connectivity index (χ3v) is 4.49. The zero-order valence-corrected chi connectivity index (χ0v) is 15.3. The van der Waals surface area contributed by atoms with E-state index in [9.17, 15) is 14.4 Å². The molecule has 2 aromatic rings. The Balaban J connectivity index is 1.75. The fourth-order valence-corrected chi connectivity index (χ4v) is 2.89. The summed E-state index contributed by atoms with van der Waals surface area (Å²) in [6.07, 6.45) is 0. The van der Waals surface area contributed by atoms with E-state index in [1.807, 2.05) is 12.1 Å². The van der Waals surface area contributed by atoms with E-state index in [4.69, 9.17) is 4.74 Å². The van der Waals surface area contributed by atoms with Crippen LogP contribution in [0.4, 0.5) is 0 Å². The molecule has 2 aromatic carbocycles. The van der Waals surface area contributed by atoms with E-state index in [2.05, 4.69) is 20.8 Å². The maximum Gasteiger partial charge on any atom is 0.334 e. The number of benzene rings is 2. The van der Waals surface area contributed by atoms with Crippen molar-refractivity contribution in [1.82, 2.24) is 4.90 Å². The summed E-state index contributed by atoms with van der Waals surface area (Å²) in [4.78, 5) is 38.3. The van der Waals surface area contributed by atoms with Gasteiger partial charge in [-0.2, -0.15) is 0 Å². The van der Waals surface area contributed by atoms with Crippen molar-refractivity contribution in [1.29, 1.82) is 0 Å². The van der Waals surface area contributed by atoms with Gasteiger partial charge in [0.25, 0.3) is 11.8 Å². The molecule has 0 N–H and O–H groups in total. The van der Waals surface area contributed by atoms with Crippen LogP contribution in [0.1, 0.15) is 54.0 Å². The van der Waals surface area contributed by atoms with E-state index in [1.54, 1.807) is 36.4 Å². The van der Waals surface area contributed by atoms with Crippen molar-refractivity contribution in [2.45, 2.75) is 39.2 Å². The molecular weight excluding hydrogens is 330 g/mol. The second-order valence-corrected chi connectivity index (χ2v) is 7.40. The van der Waals surface area contributed by atoms with Crippen LogP contribution in [0.2, 0.25) is 0 Å². The van der Waals surface area contributed by atoms with Crippen molar-refractivity contribution in [2.24, 2.45) is 0 Å². The SMILES string of the molecule is C[C@H](C(=O)Oc1ccc(C(C)(C)C)cc1)N1C(=O)c2ccccc2C1=O. The summed E-state index contributed by atoms with van der Waals surface area (Å²) >= 11 is 0. The van der Waals surface area contributed by atoms with Crippen LogP contribution in [0, 0.1) is 0 Å². The van der Waals surface area contributed by atoms with Crippen LogP contribution in [0.5, 0.6) is 5.75 Å². The van der Waals surface area contributed by atoms with Gasteiger partial charge in [0.05, 0.1) is 11.1 Å². The molecule has 26 heavy (non-hydrogen) atoms. The Kier molecular flexibility index (Phi) is 4.40. The highest BCUT2D eigenvalue weighted by molar-refractivity contribution is 6.22. The predicted molar refractivity (Wildman–Crippen MR) is 97.2 cm³/mol. The minimum absolute atomic E-state index is 0.00397. The molecule has 2 amide bonds. The maximum absolute atomic E-state index is 12.5. The number of fused-ring (bicyclic) bond motifs is 1. The number of amides is 2. The number of esters is 1. The van der Waals surface area contributed by atoms with Gasteiger partial charge in [0, 0.05) is 0 Å². The minimum atomic E-state index is -1.01. The second-order valence-electron chi connectivity index (χ2n) is 7.40. The Hall–Kier alpha value is -2.95. The molecule has 1 aliphatic rings. The fraction of sp³-hybridized carbons (Fsp3) is 0.286. The van der Waals surface area contributed by atoms with E-state index in [-0.39, 0.29) is 5.41 Å². The molecule has 0 spiro atoms. The summed E-state index contributed by atoms with van der Waals surface area (Å²) in [5.74, 6) is -1.22. The lowest BCUT2D eigenvalue weighted by Crippen LogP contribution is -2.44. The van der Waals surface area contributed by atoms with Crippen molar-refractivity contribution < 1.29 is 19.1 Å². The van der Waals surface area contributed by atoms with E-state index in [1.165, 1.54) is 6.92 Å². The van der Waals surface area contributed by atoms with Gasteiger partial charge < -0.3 is 4.74 Å². The lowest BCUT2D eigenvalue weighted by atomic mass is 9.87. The fourth-order valence-electron chi connectivity index (χ4n) is 2.89. The van der Waals surface area contributed by atoms with Crippen LogP contribution in [0.3, 0.4) is 0 Å². The first-order valence-corrected chi connectivity index (χ1v) is 8.49.